The molecule has 2 heterocycles. The number of hydrogen-bond acceptors (Lipinski definition) is 4. The quantitative estimate of drug-likeness (QED) is 0.838. The van der Waals surface area contributed by atoms with Gasteiger partial charge in [0.05, 0.1) is 17.6 Å². The minimum absolute atomic E-state index is 0. The number of hydrogen-bond donors (Lipinski definition) is 2. The summed E-state index contributed by atoms with van der Waals surface area (Å²) < 4.78 is 20.5. The van der Waals surface area contributed by atoms with Crippen molar-refractivity contribution in [3.63, 3.8) is 0 Å². The third kappa shape index (κ3) is 4.57. The Bertz CT molecular complexity index is 689. The van der Waals surface area contributed by atoms with E-state index in [1.54, 1.807) is 6.07 Å². The minimum Gasteiger partial charge on any atom is -0.366 e. The van der Waals surface area contributed by atoms with Gasteiger partial charge < -0.3 is 19.9 Å². The van der Waals surface area contributed by atoms with Crippen molar-refractivity contribution < 1.29 is 13.9 Å². The molecule has 0 spiro atoms. The Morgan fingerprint density at radius 1 is 1.50 bits per heavy atom. The maximum absolute atomic E-state index is 13.3. The van der Waals surface area contributed by atoms with Gasteiger partial charge in [0, 0.05) is 33.1 Å². The summed E-state index contributed by atoms with van der Waals surface area (Å²) in [5.74, 6) is 0.415. The second-order valence-corrected chi connectivity index (χ2v) is 5.32. The van der Waals surface area contributed by atoms with Crippen LogP contribution in [0.4, 0.5) is 4.39 Å². The van der Waals surface area contributed by atoms with Crippen LogP contribution >= 0.6 is 24.8 Å². The lowest BCUT2D eigenvalue weighted by Crippen LogP contribution is -2.48. The predicted molar refractivity (Wildman–Crippen MR) is 94.5 cm³/mol. The lowest BCUT2D eigenvalue weighted by Gasteiger charge is -2.22. The van der Waals surface area contributed by atoms with Gasteiger partial charge in [0.15, 0.2) is 0 Å². The summed E-state index contributed by atoms with van der Waals surface area (Å²) in [5, 5.41) is 5.97. The van der Waals surface area contributed by atoms with Gasteiger partial charge in [-0.25, -0.2) is 9.37 Å². The molecule has 0 saturated carbocycles. The second-order valence-electron chi connectivity index (χ2n) is 5.32. The molecule has 3 rings (SSSR count). The summed E-state index contributed by atoms with van der Waals surface area (Å²) in [6.45, 7) is 2.34. The number of morpholine rings is 1. The SMILES string of the molecule is Cl.Cl.Cn1c(CCNC(=O)C2CNCCO2)nc2ccc(F)cc21. The topological polar surface area (TPSA) is 68.2 Å². The number of ether oxygens (including phenoxy) is 1. The van der Waals surface area contributed by atoms with Gasteiger partial charge in [-0.3, -0.25) is 4.79 Å². The number of amides is 1. The lowest BCUT2D eigenvalue weighted by molar-refractivity contribution is -0.134. The second kappa shape index (κ2) is 9.17. The zero-order valence-electron chi connectivity index (χ0n) is 13.3. The molecule has 2 aromatic rings. The molecule has 24 heavy (non-hydrogen) atoms. The fourth-order valence-corrected chi connectivity index (χ4v) is 2.58. The van der Waals surface area contributed by atoms with Crippen molar-refractivity contribution >= 4 is 41.8 Å². The number of nitrogens with one attached hydrogen (secondary N) is 2. The molecule has 1 fully saturated rings. The Labute approximate surface area is 152 Å². The molecule has 9 heteroatoms. The molecule has 1 amide bonds. The number of carbonyl (C=O) groups is 1. The summed E-state index contributed by atoms with van der Waals surface area (Å²) in [7, 11) is 1.85. The molecule has 0 aliphatic carbocycles. The highest BCUT2D eigenvalue weighted by atomic mass is 35.5. The highest BCUT2D eigenvalue weighted by molar-refractivity contribution is 5.85. The number of nitrogens with zero attached hydrogens (tertiary/aromatic N) is 2. The van der Waals surface area contributed by atoms with Gasteiger partial charge in [-0.1, -0.05) is 0 Å². The molecule has 2 N–H and O–H groups in total. The molecule has 1 aromatic heterocycles. The smallest absolute Gasteiger partial charge is 0.250 e. The van der Waals surface area contributed by atoms with Crippen molar-refractivity contribution in [3.05, 3.63) is 29.8 Å². The molecule has 1 aromatic carbocycles. The Balaban J connectivity index is 0.00000144. The van der Waals surface area contributed by atoms with Crippen LogP contribution in [0.3, 0.4) is 0 Å². The predicted octanol–water partition coefficient (Wildman–Crippen LogP) is 1.20. The van der Waals surface area contributed by atoms with E-state index in [2.05, 4.69) is 15.6 Å². The molecule has 1 saturated heterocycles. The number of rotatable bonds is 4. The van der Waals surface area contributed by atoms with E-state index in [1.165, 1.54) is 12.1 Å². The summed E-state index contributed by atoms with van der Waals surface area (Å²) in [5.41, 5.74) is 1.51. The van der Waals surface area contributed by atoms with Crippen LogP contribution in [0, 0.1) is 5.82 Å². The Morgan fingerprint density at radius 3 is 3.00 bits per heavy atom. The zero-order valence-corrected chi connectivity index (χ0v) is 14.9. The molecule has 1 unspecified atom stereocenters. The van der Waals surface area contributed by atoms with Gasteiger partial charge in [-0.15, -0.1) is 24.8 Å². The Hall–Kier alpha value is -1.41. The highest BCUT2D eigenvalue weighted by Gasteiger charge is 2.21. The van der Waals surface area contributed by atoms with Gasteiger partial charge in [0.2, 0.25) is 5.91 Å². The van der Waals surface area contributed by atoms with Crippen molar-refractivity contribution in [1.82, 2.24) is 20.2 Å². The largest absolute Gasteiger partial charge is 0.366 e. The van der Waals surface area contributed by atoms with Gasteiger partial charge in [-0.05, 0) is 18.2 Å². The van der Waals surface area contributed by atoms with Crippen molar-refractivity contribution in [2.75, 3.05) is 26.2 Å². The first-order valence-corrected chi connectivity index (χ1v) is 7.36. The fraction of sp³-hybridized carbons (Fsp3) is 0.467. The van der Waals surface area contributed by atoms with Crippen LogP contribution in [-0.2, 0) is 23.0 Å². The first-order chi connectivity index (χ1) is 10.6. The van der Waals surface area contributed by atoms with E-state index in [0.29, 0.717) is 26.1 Å². The van der Waals surface area contributed by atoms with Gasteiger partial charge >= 0.3 is 0 Å². The normalized spacial score (nSPS) is 17.0. The summed E-state index contributed by atoms with van der Waals surface area (Å²) in [4.78, 5) is 16.4. The number of aromatic nitrogens is 2. The molecule has 1 atom stereocenters. The van der Waals surface area contributed by atoms with Crippen LogP contribution in [0.1, 0.15) is 5.82 Å². The van der Waals surface area contributed by atoms with Crippen molar-refractivity contribution in [1.29, 1.82) is 0 Å². The highest BCUT2D eigenvalue weighted by Crippen LogP contribution is 2.16. The average Bonchev–Trinajstić information content (AvgIpc) is 2.84. The first kappa shape index (κ1) is 20.6. The van der Waals surface area contributed by atoms with Crippen LogP contribution in [-0.4, -0.2) is 47.8 Å². The third-order valence-electron chi connectivity index (χ3n) is 3.80. The van der Waals surface area contributed by atoms with Gasteiger partial charge in [0.1, 0.15) is 17.7 Å². The number of aryl methyl sites for hydroxylation is 1. The summed E-state index contributed by atoms with van der Waals surface area (Å²) in [6, 6.07) is 4.52. The van der Waals surface area contributed by atoms with Crippen LogP contribution in [0.5, 0.6) is 0 Å². The van der Waals surface area contributed by atoms with Gasteiger partial charge in [0.25, 0.3) is 0 Å². The molecule has 1 aliphatic rings. The van der Waals surface area contributed by atoms with Crippen LogP contribution in [0.25, 0.3) is 11.0 Å². The van der Waals surface area contributed by atoms with Crippen LogP contribution in [0.15, 0.2) is 18.2 Å². The van der Waals surface area contributed by atoms with E-state index in [1.807, 2.05) is 11.6 Å². The zero-order chi connectivity index (χ0) is 15.5. The summed E-state index contributed by atoms with van der Waals surface area (Å²) >= 11 is 0. The Morgan fingerprint density at radius 2 is 2.29 bits per heavy atom. The van der Waals surface area contributed by atoms with Gasteiger partial charge in [-0.2, -0.15) is 0 Å². The van der Waals surface area contributed by atoms with E-state index < -0.39 is 6.10 Å². The minimum atomic E-state index is -0.428. The lowest BCUT2D eigenvalue weighted by atomic mass is 10.3. The monoisotopic (exact) mass is 378 g/mol. The van der Waals surface area contributed by atoms with E-state index in [0.717, 1.165) is 23.4 Å². The van der Waals surface area contributed by atoms with Crippen LogP contribution in [0.2, 0.25) is 0 Å². The molecule has 0 radical (unpaired) electrons. The summed E-state index contributed by atoms with van der Waals surface area (Å²) in [6.07, 6.45) is 0.155. The van der Waals surface area contributed by atoms with Crippen molar-refractivity contribution in [2.45, 2.75) is 12.5 Å². The number of fused-ring (bicyclic) bond motifs is 1. The fourth-order valence-electron chi connectivity index (χ4n) is 2.58. The van der Waals surface area contributed by atoms with E-state index in [9.17, 15) is 9.18 Å². The first-order valence-electron chi connectivity index (χ1n) is 7.36. The molecule has 1 aliphatic heterocycles. The number of carbonyl (C=O) groups excluding carboxylic acids is 1. The maximum atomic E-state index is 13.3. The molecule has 6 nitrogen and oxygen atoms in total. The van der Waals surface area contributed by atoms with Crippen LogP contribution < -0.4 is 10.6 Å². The van der Waals surface area contributed by atoms with E-state index >= 15 is 0 Å². The maximum Gasteiger partial charge on any atom is 0.250 e. The molecule has 0 bridgehead atoms. The number of benzene rings is 1. The molecular weight excluding hydrogens is 358 g/mol. The Kier molecular flexibility index (Phi) is 7.89. The van der Waals surface area contributed by atoms with Crippen molar-refractivity contribution in [2.24, 2.45) is 7.05 Å². The number of halogens is 3. The average molecular weight is 379 g/mol. The van der Waals surface area contributed by atoms with E-state index in [4.69, 9.17) is 4.74 Å². The standard InChI is InChI=1S/C15H19FN4O2.2ClH/c1-20-12-8-10(16)2-3-11(12)19-14(20)4-5-18-15(21)13-9-17-6-7-22-13;;/h2-3,8,13,17H,4-7,9H2,1H3,(H,18,21);2*1H. The molecular formula is C15H21Cl2FN4O2. The number of imidazole rings is 1. The molecule has 134 valence electrons. The van der Waals surface area contributed by atoms with Crippen molar-refractivity contribution in [3.8, 4) is 0 Å². The third-order valence-corrected chi connectivity index (χ3v) is 3.80. The van der Waals surface area contributed by atoms with E-state index in [-0.39, 0.29) is 36.5 Å².